The molecule has 1 rings (SSSR count). The van der Waals surface area contributed by atoms with E-state index in [0.29, 0.717) is 19.0 Å². The zero-order chi connectivity index (χ0) is 15.2. The molecule has 0 unspecified atom stereocenters. The average molecular weight is 371 g/mol. The largest absolute Gasteiger partial charge is 0.317 e. The number of halogens is 3. The highest BCUT2D eigenvalue weighted by Gasteiger charge is 2.16. The highest BCUT2D eigenvalue weighted by molar-refractivity contribution is 9.10. The first-order valence-corrected chi connectivity index (χ1v) is 8.66. The van der Waals surface area contributed by atoms with Crippen LogP contribution in [0.1, 0.15) is 19.8 Å². The Labute approximate surface area is 126 Å². The molecule has 0 fully saturated rings. The second kappa shape index (κ2) is 7.90. The van der Waals surface area contributed by atoms with Crippen molar-refractivity contribution in [2.75, 3.05) is 23.6 Å². The van der Waals surface area contributed by atoms with Crippen LogP contribution in [-0.4, -0.2) is 27.3 Å². The van der Waals surface area contributed by atoms with Gasteiger partial charge in [-0.2, -0.15) is 0 Å². The van der Waals surface area contributed by atoms with E-state index in [4.69, 9.17) is 0 Å². The van der Waals surface area contributed by atoms with Gasteiger partial charge in [0.25, 0.3) is 0 Å². The molecule has 2 N–H and O–H groups in total. The van der Waals surface area contributed by atoms with Crippen LogP contribution >= 0.6 is 15.9 Å². The van der Waals surface area contributed by atoms with Gasteiger partial charge >= 0.3 is 0 Å². The van der Waals surface area contributed by atoms with Gasteiger partial charge in [-0.05, 0) is 47.9 Å². The second-order valence-corrected chi connectivity index (χ2v) is 6.97. The number of nitrogens with one attached hydrogen (secondary N) is 2. The van der Waals surface area contributed by atoms with Crippen molar-refractivity contribution in [3.63, 3.8) is 0 Å². The van der Waals surface area contributed by atoms with Crippen LogP contribution in [-0.2, 0) is 10.0 Å². The van der Waals surface area contributed by atoms with Gasteiger partial charge in [-0.3, -0.25) is 4.72 Å². The van der Waals surface area contributed by atoms with Gasteiger partial charge in [0, 0.05) is 10.5 Å². The van der Waals surface area contributed by atoms with Crippen LogP contribution in [0.5, 0.6) is 0 Å². The molecule has 8 heteroatoms. The molecule has 0 aliphatic carbocycles. The Hall–Kier alpha value is -0.730. The molecule has 0 aliphatic rings. The van der Waals surface area contributed by atoms with Crippen molar-refractivity contribution in [1.29, 1.82) is 0 Å². The summed E-state index contributed by atoms with van der Waals surface area (Å²) in [7, 11) is -3.66. The van der Waals surface area contributed by atoms with E-state index < -0.39 is 21.7 Å². The lowest BCUT2D eigenvalue weighted by atomic mass is 10.3. The highest BCUT2D eigenvalue weighted by Crippen LogP contribution is 2.27. The molecule has 20 heavy (non-hydrogen) atoms. The summed E-state index contributed by atoms with van der Waals surface area (Å²) in [6.45, 7) is 3.41. The van der Waals surface area contributed by atoms with Crippen molar-refractivity contribution in [2.45, 2.75) is 19.8 Å². The number of benzene rings is 1. The number of hydrogen-bond acceptors (Lipinski definition) is 3. The van der Waals surface area contributed by atoms with E-state index in [1.807, 2.05) is 6.92 Å². The van der Waals surface area contributed by atoms with Crippen LogP contribution in [0.4, 0.5) is 14.5 Å². The Morgan fingerprint density at radius 3 is 2.55 bits per heavy atom. The van der Waals surface area contributed by atoms with E-state index in [1.165, 1.54) is 0 Å². The van der Waals surface area contributed by atoms with Crippen molar-refractivity contribution in [3.05, 3.63) is 28.2 Å². The van der Waals surface area contributed by atoms with E-state index in [0.717, 1.165) is 19.0 Å². The molecule has 114 valence electrons. The maximum absolute atomic E-state index is 13.5. The van der Waals surface area contributed by atoms with Crippen molar-refractivity contribution in [2.24, 2.45) is 0 Å². The third kappa shape index (κ3) is 5.72. The first-order chi connectivity index (χ1) is 9.35. The Morgan fingerprint density at radius 2 is 1.95 bits per heavy atom. The standard InChI is InChI=1S/C12H17BrF2N2O2S/c1-2-4-16-5-3-6-20(18,19)17-12-10(13)7-9(14)8-11(12)15/h7-8,16-17H,2-6H2,1H3. The van der Waals surface area contributed by atoms with Crippen molar-refractivity contribution in [3.8, 4) is 0 Å². The Bertz CT molecular complexity index is 529. The first kappa shape index (κ1) is 17.3. The normalized spacial score (nSPS) is 11.6. The molecule has 4 nitrogen and oxygen atoms in total. The lowest BCUT2D eigenvalue weighted by Gasteiger charge is -2.11. The fourth-order valence-electron chi connectivity index (χ4n) is 1.54. The lowest BCUT2D eigenvalue weighted by Crippen LogP contribution is -2.23. The third-order valence-corrected chi connectivity index (χ3v) is 4.42. The van der Waals surface area contributed by atoms with Gasteiger partial charge in [-0.25, -0.2) is 17.2 Å². The number of rotatable bonds is 8. The summed E-state index contributed by atoms with van der Waals surface area (Å²) in [5, 5.41) is 3.08. The van der Waals surface area contributed by atoms with Gasteiger partial charge in [0.15, 0.2) is 5.82 Å². The van der Waals surface area contributed by atoms with Gasteiger partial charge in [-0.1, -0.05) is 6.92 Å². The Kier molecular flexibility index (Phi) is 6.84. The minimum absolute atomic E-state index is 0.0303. The Morgan fingerprint density at radius 1 is 1.25 bits per heavy atom. The predicted molar refractivity (Wildman–Crippen MR) is 79.2 cm³/mol. The van der Waals surface area contributed by atoms with E-state index in [1.54, 1.807) is 0 Å². The summed E-state index contributed by atoms with van der Waals surface area (Å²) >= 11 is 2.93. The van der Waals surface area contributed by atoms with E-state index in [-0.39, 0.29) is 15.9 Å². The minimum Gasteiger partial charge on any atom is -0.317 e. The summed E-state index contributed by atoms with van der Waals surface area (Å²) in [6.07, 6.45) is 1.38. The summed E-state index contributed by atoms with van der Waals surface area (Å²) in [6, 6.07) is 1.63. The van der Waals surface area contributed by atoms with Gasteiger partial charge in [-0.15, -0.1) is 0 Å². The van der Waals surface area contributed by atoms with Gasteiger partial charge in [0.1, 0.15) is 5.82 Å². The summed E-state index contributed by atoms with van der Waals surface area (Å²) in [5.41, 5.74) is -0.270. The van der Waals surface area contributed by atoms with E-state index in [2.05, 4.69) is 26.0 Å². The zero-order valence-corrected chi connectivity index (χ0v) is 13.5. The minimum atomic E-state index is -3.66. The molecule has 0 bridgehead atoms. The van der Waals surface area contributed by atoms with Crippen LogP contribution in [0, 0.1) is 11.6 Å². The molecule has 0 atom stereocenters. The maximum atomic E-state index is 13.5. The Balaban J connectivity index is 2.63. The van der Waals surface area contributed by atoms with Crippen LogP contribution in [0.2, 0.25) is 0 Å². The maximum Gasteiger partial charge on any atom is 0.232 e. The number of hydrogen-bond donors (Lipinski definition) is 2. The number of anilines is 1. The molecular formula is C12H17BrF2N2O2S. The molecule has 0 heterocycles. The molecule has 0 aliphatic heterocycles. The fourth-order valence-corrected chi connectivity index (χ4v) is 3.32. The molecule has 0 amide bonds. The topological polar surface area (TPSA) is 58.2 Å². The molecule has 0 saturated heterocycles. The molecule has 1 aromatic carbocycles. The average Bonchev–Trinajstić information content (AvgIpc) is 2.33. The zero-order valence-electron chi connectivity index (χ0n) is 11.0. The van der Waals surface area contributed by atoms with Gasteiger partial charge in [0.2, 0.25) is 10.0 Å². The van der Waals surface area contributed by atoms with Gasteiger partial charge < -0.3 is 5.32 Å². The van der Waals surface area contributed by atoms with Crippen LogP contribution in [0.3, 0.4) is 0 Å². The summed E-state index contributed by atoms with van der Waals surface area (Å²) < 4.78 is 52.2. The van der Waals surface area contributed by atoms with Crippen molar-refractivity contribution >= 4 is 31.6 Å². The van der Waals surface area contributed by atoms with Crippen molar-refractivity contribution in [1.82, 2.24) is 5.32 Å². The summed E-state index contributed by atoms with van der Waals surface area (Å²) in [5.74, 6) is -1.86. The van der Waals surface area contributed by atoms with E-state index >= 15 is 0 Å². The molecule has 0 spiro atoms. The highest BCUT2D eigenvalue weighted by atomic mass is 79.9. The lowest BCUT2D eigenvalue weighted by molar-refractivity contribution is 0.580. The molecule has 1 aromatic rings. The number of sulfonamides is 1. The van der Waals surface area contributed by atoms with Crippen LogP contribution < -0.4 is 10.0 Å². The van der Waals surface area contributed by atoms with Crippen molar-refractivity contribution < 1.29 is 17.2 Å². The third-order valence-electron chi connectivity index (χ3n) is 2.46. The van der Waals surface area contributed by atoms with Gasteiger partial charge in [0.05, 0.1) is 11.4 Å². The molecule has 0 saturated carbocycles. The molecule has 0 aromatic heterocycles. The molecule has 0 radical (unpaired) electrons. The first-order valence-electron chi connectivity index (χ1n) is 6.21. The second-order valence-electron chi connectivity index (χ2n) is 4.27. The van der Waals surface area contributed by atoms with Crippen LogP contribution in [0.15, 0.2) is 16.6 Å². The predicted octanol–water partition coefficient (Wildman–Crippen LogP) is 2.86. The fraction of sp³-hybridized carbons (Fsp3) is 0.500. The van der Waals surface area contributed by atoms with Crippen LogP contribution in [0.25, 0.3) is 0 Å². The quantitative estimate of drug-likeness (QED) is 0.691. The van der Waals surface area contributed by atoms with E-state index in [9.17, 15) is 17.2 Å². The smallest absolute Gasteiger partial charge is 0.232 e. The monoisotopic (exact) mass is 370 g/mol. The molecular weight excluding hydrogens is 354 g/mol. The SMILES string of the molecule is CCCNCCCS(=O)(=O)Nc1c(F)cc(F)cc1Br. The summed E-state index contributed by atoms with van der Waals surface area (Å²) in [4.78, 5) is 0.